The van der Waals surface area contributed by atoms with Crippen molar-refractivity contribution < 1.29 is 9.59 Å². The molecule has 2 aromatic rings. The Morgan fingerprint density at radius 1 is 1.04 bits per heavy atom. The average molecular weight is 365 g/mol. The first-order chi connectivity index (χ1) is 13.2. The van der Waals surface area contributed by atoms with Crippen LogP contribution in [0.2, 0.25) is 0 Å². The van der Waals surface area contributed by atoms with Crippen LogP contribution in [0.5, 0.6) is 0 Å². The topological polar surface area (TPSA) is 71.3 Å². The summed E-state index contributed by atoms with van der Waals surface area (Å²) in [6, 6.07) is 7.99. The Labute approximate surface area is 157 Å². The van der Waals surface area contributed by atoms with Crippen LogP contribution in [-0.2, 0) is 17.8 Å². The van der Waals surface area contributed by atoms with Crippen LogP contribution in [0.15, 0.2) is 30.5 Å². The van der Waals surface area contributed by atoms with Crippen LogP contribution in [0.1, 0.15) is 53.3 Å². The van der Waals surface area contributed by atoms with E-state index >= 15 is 0 Å². The van der Waals surface area contributed by atoms with E-state index in [9.17, 15) is 9.59 Å². The summed E-state index contributed by atoms with van der Waals surface area (Å²) in [6.07, 6.45) is 6.55. The van der Waals surface area contributed by atoms with Gasteiger partial charge in [0, 0.05) is 26.1 Å². The predicted octanol–water partition coefficient (Wildman–Crippen LogP) is 1.80. The normalized spacial score (nSPS) is 22.0. The summed E-state index contributed by atoms with van der Waals surface area (Å²) in [5.41, 5.74) is 2.59. The molecule has 27 heavy (non-hydrogen) atoms. The fourth-order valence-corrected chi connectivity index (χ4v) is 4.14. The molecule has 0 bridgehead atoms. The Morgan fingerprint density at radius 3 is 2.52 bits per heavy atom. The molecule has 1 unspecified atom stereocenters. The lowest BCUT2D eigenvalue weighted by Crippen LogP contribution is -2.53. The van der Waals surface area contributed by atoms with Gasteiger partial charge in [-0.1, -0.05) is 29.5 Å². The van der Waals surface area contributed by atoms with Gasteiger partial charge in [0.15, 0.2) is 5.69 Å². The molecule has 3 heterocycles. The van der Waals surface area contributed by atoms with E-state index in [-0.39, 0.29) is 11.8 Å². The number of rotatable bonds is 3. The number of likely N-dealkylation sites (tertiary alicyclic amines) is 1. The third kappa shape index (κ3) is 3.01. The fourth-order valence-electron chi connectivity index (χ4n) is 4.14. The second-order valence-corrected chi connectivity index (χ2v) is 7.77. The van der Waals surface area contributed by atoms with Gasteiger partial charge in [-0.05, 0) is 36.8 Å². The van der Waals surface area contributed by atoms with E-state index in [1.54, 1.807) is 15.8 Å². The molecule has 7 heteroatoms. The molecule has 1 saturated carbocycles. The van der Waals surface area contributed by atoms with Crippen molar-refractivity contribution in [1.29, 1.82) is 0 Å². The maximum Gasteiger partial charge on any atom is 0.277 e. The Morgan fingerprint density at radius 2 is 1.78 bits per heavy atom. The molecule has 7 nitrogen and oxygen atoms in total. The molecule has 2 fully saturated rings. The summed E-state index contributed by atoms with van der Waals surface area (Å²) in [6.45, 7) is 2.02. The van der Waals surface area contributed by atoms with E-state index in [4.69, 9.17) is 0 Å². The first-order valence-electron chi connectivity index (χ1n) is 9.79. The highest BCUT2D eigenvalue weighted by molar-refractivity contribution is 5.96. The summed E-state index contributed by atoms with van der Waals surface area (Å²) in [4.78, 5) is 30.0. The highest BCUT2D eigenvalue weighted by Crippen LogP contribution is 2.34. The zero-order valence-corrected chi connectivity index (χ0v) is 15.3. The zero-order chi connectivity index (χ0) is 18.4. The van der Waals surface area contributed by atoms with Gasteiger partial charge in [0.1, 0.15) is 6.04 Å². The molecule has 3 aliphatic rings. The number of nitrogens with zero attached hydrogens (tertiary/aromatic N) is 5. The van der Waals surface area contributed by atoms with Crippen LogP contribution in [0.25, 0.3) is 0 Å². The SMILES string of the molecule is O=C(C1Cc2ccccc2CN1C(=O)c1cn(C2CC2)nn1)N1CCCC1. The summed E-state index contributed by atoms with van der Waals surface area (Å²) in [7, 11) is 0. The maximum absolute atomic E-state index is 13.2. The molecule has 2 aliphatic heterocycles. The molecule has 1 atom stereocenters. The number of carbonyl (C=O) groups is 2. The Kier molecular flexibility index (Phi) is 3.95. The molecule has 0 spiro atoms. The van der Waals surface area contributed by atoms with E-state index in [1.165, 1.54) is 0 Å². The summed E-state index contributed by atoms with van der Waals surface area (Å²) in [5.74, 6) is -0.140. The smallest absolute Gasteiger partial charge is 0.277 e. The zero-order valence-electron chi connectivity index (χ0n) is 15.3. The molecule has 1 saturated heterocycles. The molecule has 1 aliphatic carbocycles. The van der Waals surface area contributed by atoms with Gasteiger partial charge in [0.25, 0.3) is 5.91 Å². The van der Waals surface area contributed by atoms with Crippen molar-refractivity contribution >= 4 is 11.8 Å². The second-order valence-electron chi connectivity index (χ2n) is 7.77. The number of carbonyl (C=O) groups excluding carboxylic acids is 2. The van der Waals surface area contributed by atoms with Gasteiger partial charge >= 0.3 is 0 Å². The van der Waals surface area contributed by atoms with Crippen LogP contribution in [0, 0.1) is 0 Å². The van der Waals surface area contributed by atoms with Crippen molar-refractivity contribution in [2.45, 2.75) is 50.7 Å². The number of amides is 2. The molecule has 140 valence electrons. The first kappa shape index (κ1) is 16.5. The highest BCUT2D eigenvalue weighted by atomic mass is 16.2. The number of benzene rings is 1. The fraction of sp³-hybridized carbons (Fsp3) is 0.500. The standard InChI is InChI=1S/C20H23N5O2/c26-19(17-13-25(22-21-17)16-7-8-16)24-12-15-6-2-1-5-14(15)11-18(24)20(27)23-9-3-4-10-23/h1-2,5-6,13,16,18H,3-4,7-12H2. The summed E-state index contributed by atoms with van der Waals surface area (Å²) >= 11 is 0. The quantitative estimate of drug-likeness (QED) is 0.832. The molecule has 1 aromatic carbocycles. The first-order valence-corrected chi connectivity index (χ1v) is 9.79. The van der Waals surface area contributed by atoms with Crippen LogP contribution < -0.4 is 0 Å². The predicted molar refractivity (Wildman–Crippen MR) is 97.9 cm³/mol. The molecule has 0 N–H and O–H groups in total. The Hall–Kier alpha value is -2.70. The van der Waals surface area contributed by atoms with Crippen molar-refractivity contribution in [2.24, 2.45) is 0 Å². The number of hydrogen-bond donors (Lipinski definition) is 0. The van der Waals surface area contributed by atoms with E-state index in [1.807, 2.05) is 23.1 Å². The minimum Gasteiger partial charge on any atom is -0.341 e. The third-order valence-corrected chi connectivity index (χ3v) is 5.86. The third-order valence-electron chi connectivity index (χ3n) is 5.86. The van der Waals surface area contributed by atoms with E-state index in [0.29, 0.717) is 24.7 Å². The number of fused-ring (bicyclic) bond motifs is 1. The van der Waals surface area contributed by atoms with Crippen molar-refractivity contribution in [3.63, 3.8) is 0 Å². The van der Waals surface area contributed by atoms with Gasteiger partial charge in [-0.25, -0.2) is 4.68 Å². The molecule has 2 amide bonds. The molecular weight excluding hydrogens is 342 g/mol. The lowest BCUT2D eigenvalue weighted by atomic mass is 9.93. The maximum atomic E-state index is 13.2. The van der Waals surface area contributed by atoms with Crippen molar-refractivity contribution in [2.75, 3.05) is 13.1 Å². The van der Waals surface area contributed by atoms with E-state index in [2.05, 4.69) is 16.4 Å². The monoisotopic (exact) mass is 365 g/mol. The Bertz CT molecular complexity index is 882. The van der Waals surface area contributed by atoms with Gasteiger partial charge in [0.2, 0.25) is 5.91 Å². The lowest BCUT2D eigenvalue weighted by Gasteiger charge is -2.37. The van der Waals surface area contributed by atoms with Crippen molar-refractivity contribution in [3.05, 3.63) is 47.3 Å². The highest BCUT2D eigenvalue weighted by Gasteiger charge is 2.39. The van der Waals surface area contributed by atoms with Gasteiger partial charge in [-0.3, -0.25) is 9.59 Å². The minimum atomic E-state index is -0.462. The minimum absolute atomic E-state index is 0.0601. The van der Waals surface area contributed by atoms with Crippen molar-refractivity contribution in [1.82, 2.24) is 24.8 Å². The summed E-state index contributed by atoms with van der Waals surface area (Å²) < 4.78 is 1.78. The van der Waals surface area contributed by atoms with E-state index in [0.717, 1.165) is 49.9 Å². The Balaban J connectivity index is 1.46. The molecule has 5 rings (SSSR count). The van der Waals surface area contributed by atoms with Crippen LogP contribution in [0.3, 0.4) is 0 Å². The van der Waals surface area contributed by atoms with Crippen LogP contribution in [-0.4, -0.2) is 55.7 Å². The molecular formula is C20H23N5O2. The van der Waals surface area contributed by atoms with Crippen LogP contribution >= 0.6 is 0 Å². The van der Waals surface area contributed by atoms with Gasteiger partial charge in [-0.2, -0.15) is 0 Å². The van der Waals surface area contributed by atoms with Crippen LogP contribution in [0.4, 0.5) is 0 Å². The summed E-state index contributed by atoms with van der Waals surface area (Å²) in [5, 5.41) is 8.21. The average Bonchev–Trinajstić information content (AvgIpc) is 3.20. The number of hydrogen-bond acceptors (Lipinski definition) is 4. The van der Waals surface area contributed by atoms with E-state index < -0.39 is 6.04 Å². The molecule has 1 aromatic heterocycles. The molecule has 0 radical (unpaired) electrons. The van der Waals surface area contributed by atoms with Gasteiger partial charge in [0.05, 0.1) is 12.2 Å². The lowest BCUT2D eigenvalue weighted by molar-refractivity contribution is -0.135. The second kappa shape index (κ2) is 6.48. The largest absolute Gasteiger partial charge is 0.341 e. The number of aromatic nitrogens is 3. The van der Waals surface area contributed by atoms with Gasteiger partial charge in [-0.15, -0.1) is 5.10 Å². The van der Waals surface area contributed by atoms with Crippen molar-refractivity contribution in [3.8, 4) is 0 Å². The van der Waals surface area contributed by atoms with Gasteiger partial charge < -0.3 is 9.80 Å².